The molecule has 2 N–H and O–H groups in total. The van der Waals surface area contributed by atoms with Gasteiger partial charge in [-0.3, -0.25) is 4.57 Å². The smallest absolute Gasteiger partial charge is 0.206 e. The van der Waals surface area contributed by atoms with E-state index < -0.39 is 0 Å². The molecular formula is C18H21FN6. The minimum Gasteiger partial charge on any atom is -0.369 e. The van der Waals surface area contributed by atoms with E-state index in [9.17, 15) is 4.39 Å². The highest BCUT2D eigenvalue weighted by Crippen LogP contribution is 2.29. The first-order valence-corrected chi connectivity index (χ1v) is 8.31. The molecule has 3 aromatic rings. The number of likely N-dealkylation sites (N-methyl/N-ethyl adjacent to an activating group) is 1. The predicted molar refractivity (Wildman–Crippen MR) is 94.6 cm³/mol. The van der Waals surface area contributed by atoms with Crippen molar-refractivity contribution in [3.05, 3.63) is 52.7 Å². The number of anilines is 1. The number of nitrogens with zero attached hydrogens (tertiary/aromatic N) is 5. The fourth-order valence-electron chi connectivity index (χ4n) is 3.46. The van der Waals surface area contributed by atoms with Crippen LogP contribution in [-0.2, 0) is 13.0 Å². The summed E-state index contributed by atoms with van der Waals surface area (Å²) in [5.74, 6) is 1.11. The van der Waals surface area contributed by atoms with Crippen LogP contribution in [0.1, 0.15) is 22.4 Å². The van der Waals surface area contributed by atoms with Gasteiger partial charge in [0.15, 0.2) is 0 Å². The third kappa shape index (κ3) is 2.51. The summed E-state index contributed by atoms with van der Waals surface area (Å²) in [7, 11) is 2.09. The van der Waals surface area contributed by atoms with Gasteiger partial charge in [0, 0.05) is 37.5 Å². The fraction of sp³-hybridized carbons (Fsp3) is 0.333. The van der Waals surface area contributed by atoms with Crippen LogP contribution < -0.4 is 5.73 Å². The number of imidazole rings is 1. The second kappa shape index (κ2) is 5.70. The lowest BCUT2D eigenvalue weighted by Gasteiger charge is -2.22. The molecule has 0 radical (unpaired) electrons. The van der Waals surface area contributed by atoms with Crippen molar-refractivity contribution in [2.75, 3.05) is 19.3 Å². The lowest BCUT2D eigenvalue weighted by molar-refractivity contribution is 0.311. The number of fused-ring (bicyclic) bond motifs is 1. The second-order valence-corrected chi connectivity index (χ2v) is 6.70. The van der Waals surface area contributed by atoms with Crippen molar-refractivity contribution in [3.63, 3.8) is 0 Å². The van der Waals surface area contributed by atoms with Crippen molar-refractivity contribution in [2.45, 2.75) is 26.8 Å². The number of halogens is 1. The Hall–Kier alpha value is -2.67. The van der Waals surface area contributed by atoms with Crippen LogP contribution in [0.4, 0.5) is 10.3 Å². The predicted octanol–water partition coefficient (Wildman–Crippen LogP) is 2.38. The number of aromatic nitrogens is 4. The molecule has 1 aliphatic rings. The third-order valence-electron chi connectivity index (χ3n) is 4.76. The molecule has 130 valence electrons. The van der Waals surface area contributed by atoms with E-state index in [0.29, 0.717) is 17.1 Å². The molecule has 0 aliphatic carbocycles. The first kappa shape index (κ1) is 15.8. The second-order valence-electron chi connectivity index (χ2n) is 6.70. The van der Waals surface area contributed by atoms with Crippen LogP contribution in [-0.4, -0.2) is 37.8 Å². The van der Waals surface area contributed by atoms with Gasteiger partial charge >= 0.3 is 0 Å². The Balaban J connectivity index is 1.99. The normalized spacial score (nSPS) is 14.7. The number of aryl methyl sites for hydroxylation is 2. The minimum absolute atomic E-state index is 0.177. The van der Waals surface area contributed by atoms with Crippen LogP contribution in [0.15, 0.2) is 24.5 Å². The molecule has 0 fully saturated rings. The van der Waals surface area contributed by atoms with Crippen molar-refractivity contribution < 1.29 is 4.39 Å². The van der Waals surface area contributed by atoms with E-state index in [4.69, 9.17) is 10.8 Å². The van der Waals surface area contributed by atoms with E-state index in [1.165, 1.54) is 0 Å². The van der Waals surface area contributed by atoms with Gasteiger partial charge in [-0.1, -0.05) is 0 Å². The molecule has 0 bridgehead atoms. The molecule has 2 aromatic heterocycles. The van der Waals surface area contributed by atoms with Crippen molar-refractivity contribution in [3.8, 4) is 11.5 Å². The summed E-state index contributed by atoms with van der Waals surface area (Å²) < 4.78 is 17.8. The lowest BCUT2D eigenvalue weighted by atomic mass is 10.1. The Bertz CT molecular complexity index is 932. The molecule has 0 amide bonds. The van der Waals surface area contributed by atoms with Gasteiger partial charge in [-0.2, -0.15) is 5.10 Å². The van der Waals surface area contributed by atoms with Crippen LogP contribution in [0.5, 0.6) is 0 Å². The number of nitrogens with two attached hydrogens (primary N) is 1. The average molecular weight is 340 g/mol. The molecule has 1 aromatic carbocycles. The molecule has 25 heavy (non-hydrogen) atoms. The molecule has 0 spiro atoms. The van der Waals surface area contributed by atoms with Gasteiger partial charge in [0.05, 0.1) is 11.4 Å². The molecule has 0 unspecified atom stereocenters. The topological polar surface area (TPSA) is 64.9 Å². The van der Waals surface area contributed by atoms with Crippen LogP contribution in [0.25, 0.3) is 11.5 Å². The first-order valence-electron chi connectivity index (χ1n) is 8.31. The standard InChI is InChI=1S/C18H21FN6/c1-11-8-13(9-12(2)16(11)19)25-17(24-7-5-21-18(24)20)14-10-23(3)6-4-15(14)22-25/h5,7-9H,4,6,10H2,1-3H3,(H2,20,21). The molecule has 0 saturated carbocycles. The highest BCUT2D eigenvalue weighted by molar-refractivity contribution is 5.51. The average Bonchev–Trinajstić information content (AvgIpc) is 3.14. The Labute approximate surface area is 145 Å². The highest BCUT2D eigenvalue weighted by atomic mass is 19.1. The van der Waals surface area contributed by atoms with E-state index in [2.05, 4.69) is 16.9 Å². The Morgan fingerprint density at radius 2 is 1.92 bits per heavy atom. The largest absolute Gasteiger partial charge is 0.369 e. The number of rotatable bonds is 2. The summed E-state index contributed by atoms with van der Waals surface area (Å²) in [6.07, 6.45) is 4.38. The molecule has 1 aliphatic heterocycles. The zero-order valence-electron chi connectivity index (χ0n) is 14.6. The molecular weight excluding hydrogens is 319 g/mol. The van der Waals surface area contributed by atoms with Crippen LogP contribution >= 0.6 is 0 Å². The van der Waals surface area contributed by atoms with Crippen molar-refractivity contribution in [2.24, 2.45) is 0 Å². The summed E-state index contributed by atoms with van der Waals surface area (Å²) in [6.45, 7) is 5.30. The summed E-state index contributed by atoms with van der Waals surface area (Å²) in [6, 6.07) is 3.64. The van der Waals surface area contributed by atoms with Crippen molar-refractivity contribution >= 4 is 5.95 Å². The van der Waals surface area contributed by atoms with Crippen molar-refractivity contribution in [1.82, 2.24) is 24.2 Å². The maximum absolute atomic E-state index is 14.1. The Morgan fingerprint density at radius 3 is 2.56 bits per heavy atom. The quantitative estimate of drug-likeness (QED) is 0.778. The zero-order chi connectivity index (χ0) is 17.7. The van der Waals surface area contributed by atoms with Gasteiger partial charge < -0.3 is 10.6 Å². The van der Waals surface area contributed by atoms with E-state index in [0.717, 1.165) is 42.3 Å². The maximum atomic E-state index is 14.1. The Kier molecular flexibility index (Phi) is 3.61. The minimum atomic E-state index is -0.177. The Morgan fingerprint density at radius 1 is 1.20 bits per heavy atom. The first-order chi connectivity index (χ1) is 12.0. The molecule has 4 rings (SSSR count). The zero-order valence-corrected chi connectivity index (χ0v) is 14.6. The molecule has 7 heteroatoms. The van der Waals surface area contributed by atoms with Gasteiger partial charge in [-0.25, -0.2) is 14.1 Å². The molecule has 6 nitrogen and oxygen atoms in total. The summed E-state index contributed by atoms with van der Waals surface area (Å²) in [4.78, 5) is 6.41. The molecule has 0 saturated heterocycles. The fourth-order valence-corrected chi connectivity index (χ4v) is 3.46. The number of hydrogen-bond donors (Lipinski definition) is 1. The number of nitrogen functional groups attached to an aromatic ring is 1. The summed E-state index contributed by atoms with van der Waals surface area (Å²) in [5, 5.41) is 4.83. The monoisotopic (exact) mass is 340 g/mol. The summed E-state index contributed by atoms with van der Waals surface area (Å²) >= 11 is 0. The highest BCUT2D eigenvalue weighted by Gasteiger charge is 2.26. The SMILES string of the molecule is Cc1cc(-n2nc3c(c2-n2ccnc2N)CN(C)CC3)cc(C)c1F. The van der Waals surface area contributed by atoms with Gasteiger partial charge in [-0.05, 0) is 44.2 Å². The van der Waals surface area contributed by atoms with E-state index in [-0.39, 0.29) is 5.82 Å². The van der Waals surface area contributed by atoms with E-state index in [1.807, 2.05) is 27.6 Å². The van der Waals surface area contributed by atoms with Gasteiger partial charge in [0.25, 0.3) is 0 Å². The number of hydrogen-bond acceptors (Lipinski definition) is 4. The third-order valence-corrected chi connectivity index (χ3v) is 4.76. The van der Waals surface area contributed by atoms with Crippen molar-refractivity contribution in [1.29, 1.82) is 0 Å². The van der Waals surface area contributed by atoms with Gasteiger partial charge in [0.1, 0.15) is 11.6 Å². The lowest BCUT2D eigenvalue weighted by Crippen LogP contribution is -2.26. The van der Waals surface area contributed by atoms with Crippen LogP contribution in [0.2, 0.25) is 0 Å². The summed E-state index contributed by atoms with van der Waals surface area (Å²) in [5.41, 5.74) is 10.3. The van der Waals surface area contributed by atoms with E-state index in [1.54, 1.807) is 20.0 Å². The maximum Gasteiger partial charge on any atom is 0.206 e. The van der Waals surface area contributed by atoms with Crippen LogP contribution in [0, 0.1) is 19.7 Å². The molecule has 3 heterocycles. The number of benzene rings is 1. The van der Waals surface area contributed by atoms with E-state index >= 15 is 0 Å². The van der Waals surface area contributed by atoms with Gasteiger partial charge in [0.2, 0.25) is 5.95 Å². The van der Waals surface area contributed by atoms with Gasteiger partial charge in [-0.15, -0.1) is 0 Å². The van der Waals surface area contributed by atoms with Crippen LogP contribution in [0.3, 0.4) is 0 Å². The molecule has 0 atom stereocenters.